The largest absolute Gasteiger partial charge is 0.380 e. The fraction of sp³-hybridized carbons (Fsp3) is 0.500. The van der Waals surface area contributed by atoms with Crippen LogP contribution in [0.25, 0.3) is 0 Å². The summed E-state index contributed by atoms with van der Waals surface area (Å²) in [6.45, 7) is 3.11. The van der Waals surface area contributed by atoms with Gasteiger partial charge in [-0.1, -0.05) is 6.92 Å². The lowest BCUT2D eigenvalue weighted by molar-refractivity contribution is -0.0966. The highest BCUT2D eigenvalue weighted by molar-refractivity contribution is 7.89. The first kappa shape index (κ1) is 12.4. The van der Waals surface area contributed by atoms with E-state index in [4.69, 9.17) is 4.74 Å². The number of ether oxygens (including phenoxy) is 1. The van der Waals surface area contributed by atoms with E-state index in [0.29, 0.717) is 13.2 Å². The van der Waals surface area contributed by atoms with Gasteiger partial charge in [0, 0.05) is 18.2 Å². The Hall–Kier alpha value is -1.05. The third kappa shape index (κ3) is 2.62. The minimum atomic E-state index is -3.89. The smallest absolute Gasteiger partial charge is 0.261 e. The molecule has 1 aliphatic heterocycles. The van der Waals surface area contributed by atoms with Crippen LogP contribution in [0.4, 0.5) is 4.39 Å². The van der Waals surface area contributed by atoms with E-state index in [1.165, 1.54) is 12.3 Å². The molecule has 1 saturated heterocycles. The van der Waals surface area contributed by atoms with Crippen LogP contribution in [0.5, 0.6) is 0 Å². The molecule has 1 aromatic heterocycles. The van der Waals surface area contributed by atoms with E-state index in [2.05, 4.69) is 9.71 Å². The zero-order valence-corrected chi connectivity index (χ0v) is 10.1. The van der Waals surface area contributed by atoms with Crippen molar-refractivity contribution in [1.29, 1.82) is 0 Å². The van der Waals surface area contributed by atoms with Crippen molar-refractivity contribution in [3.05, 3.63) is 24.1 Å². The summed E-state index contributed by atoms with van der Waals surface area (Å²) in [5.41, 5.74) is -0.210. The molecule has 0 bridgehead atoms. The number of nitrogens with one attached hydrogen (secondary N) is 1. The summed E-state index contributed by atoms with van der Waals surface area (Å²) in [5.74, 6) is -0.852. The second-order valence-corrected chi connectivity index (χ2v) is 6.10. The molecule has 1 aromatic rings. The van der Waals surface area contributed by atoms with E-state index >= 15 is 0 Å². The maximum atomic E-state index is 13.3. The van der Waals surface area contributed by atoms with Crippen molar-refractivity contribution in [3.8, 4) is 0 Å². The molecule has 0 saturated carbocycles. The van der Waals surface area contributed by atoms with E-state index in [0.717, 1.165) is 6.07 Å². The number of halogens is 1. The third-order valence-corrected chi connectivity index (χ3v) is 3.90. The molecule has 7 heteroatoms. The molecule has 1 N–H and O–H groups in total. The molecule has 0 amide bonds. The summed E-state index contributed by atoms with van der Waals surface area (Å²) in [4.78, 5) is 3.54. The van der Waals surface area contributed by atoms with Gasteiger partial charge >= 0.3 is 0 Å². The van der Waals surface area contributed by atoms with Gasteiger partial charge in [-0.05, 0) is 12.1 Å². The molecule has 1 fully saturated rings. The number of rotatable bonds is 4. The van der Waals surface area contributed by atoms with Crippen molar-refractivity contribution in [2.45, 2.75) is 11.9 Å². The number of hydrogen-bond donors (Lipinski definition) is 1. The van der Waals surface area contributed by atoms with Crippen LogP contribution in [0.2, 0.25) is 0 Å². The monoisotopic (exact) mass is 260 g/mol. The van der Waals surface area contributed by atoms with Crippen LogP contribution in [-0.2, 0) is 14.8 Å². The predicted octanol–water partition coefficient (Wildman–Crippen LogP) is 0.535. The Morgan fingerprint density at radius 3 is 2.82 bits per heavy atom. The lowest BCUT2D eigenvalue weighted by Gasteiger charge is -2.37. The van der Waals surface area contributed by atoms with Crippen LogP contribution < -0.4 is 4.72 Å². The van der Waals surface area contributed by atoms with E-state index in [9.17, 15) is 12.8 Å². The number of hydrogen-bond acceptors (Lipinski definition) is 4. The Morgan fingerprint density at radius 1 is 1.59 bits per heavy atom. The van der Waals surface area contributed by atoms with Gasteiger partial charge in [0.1, 0.15) is 0 Å². The molecule has 0 radical (unpaired) electrons. The average Bonchev–Trinajstić information content (AvgIpc) is 2.24. The van der Waals surface area contributed by atoms with E-state index < -0.39 is 20.9 Å². The number of nitrogens with zero attached hydrogens (tertiary/aromatic N) is 1. The average molecular weight is 260 g/mol. The lowest BCUT2D eigenvalue weighted by Crippen LogP contribution is -2.48. The molecule has 2 heterocycles. The second kappa shape index (κ2) is 4.32. The van der Waals surface area contributed by atoms with Crippen molar-refractivity contribution in [3.63, 3.8) is 0 Å². The highest BCUT2D eigenvalue weighted by Gasteiger charge is 2.35. The summed E-state index contributed by atoms with van der Waals surface area (Å²) in [5, 5.41) is -0.566. The molecule has 17 heavy (non-hydrogen) atoms. The van der Waals surface area contributed by atoms with Crippen molar-refractivity contribution < 1.29 is 17.5 Å². The Kier molecular flexibility index (Phi) is 3.15. The molecular weight excluding hydrogens is 247 g/mol. The second-order valence-electron chi connectivity index (χ2n) is 4.42. The Morgan fingerprint density at radius 2 is 2.29 bits per heavy atom. The maximum absolute atomic E-state index is 13.3. The molecule has 0 atom stereocenters. The van der Waals surface area contributed by atoms with Gasteiger partial charge in [-0.3, -0.25) is 0 Å². The van der Waals surface area contributed by atoms with Gasteiger partial charge < -0.3 is 4.74 Å². The quantitative estimate of drug-likeness (QED) is 0.857. The minimum Gasteiger partial charge on any atom is -0.380 e. The zero-order chi connectivity index (χ0) is 12.5. The van der Waals surface area contributed by atoms with E-state index in [1.807, 2.05) is 6.92 Å². The fourth-order valence-corrected chi connectivity index (χ4v) is 2.66. The summed E-state index contributed by atoms with van der Waals surface area (Å²) < 4.78 is 44.2. The molecule has 0 aliphatic carbocycles. The van der Waals surface area contributed by atoms with Crippen LogP contribution in [0.15, 0.2) is 23.4 Å². The maximum Gasteiger partial charge on any atom is 0.261 e. The highest BCUT2D eigenvalue weighted by atomic mass is 32.2. The van der Waals surface area contributed by atoms with Crippen molar-refractivity contribution >= 4 is 10.0 Å². The highest BCUT2D eigenvalue weighted by Crippen LogP contribution is 2.25. The first-order valence-electron chi connectivity index (χ1n) is 5.11. The first-order chi connectivity index (χ1) is 7.93. The zero-order valence-electron chi connectivity index (χ0n) is 9.31. The number of aromatic nitrogens is 1. The van der Waals surface area contributed by atoms with Gasteiger partial charge in [0.2, 0.25) is 5.03 Å². The normalized spacial score (nSPS) is 18.7. The number of sulfonamides is 1. The standard InChI is InChI=1S/C10H13FN2O3S/c1-10(6-16-7-10)5-13-17(14,15)9-8(11)3-2-4-12-9/h2-4,13H,5-7H2,1H3. The molecule has 0 aromatic carbocycles. The van der Waals surface area contributed by atoms with Crippen molar-refractivity contribution in [1.82, 2.24) is 9.71 Å². The van der Waals surface area contributed by atoms with Crippen LogP contribution in [0.3, 0.4) is 0 Å². The Balaban J connectivity index is 2.12. The molecule has 0 spiro atoms. The summed E-state index contributed by atoms with van der Waals surface area (Å²) in [7, 11) is -3.89. The first-order valence-corrected chi connectivity index (χ1v) is 6.59. The van der Waals surface area contributed by atoms with E-state index in [-0.39, 0.29) is 12.0 Å². The van der Waals surface area contributed by atoms with Gasteiger partial charge in [0.15, 0.2) is 5.82 Å². The third-order valence-electron chi connectivity index (χ3n) is 2.57. The Bertz CT molecular complexity index is 514. The summed E-state index contributed by atoms with van der Waals surface area (Å²) in [6, 6.07) is 2.41. The molecule has 94 valence electrons. The van der Waals surface area contributed by atoms with Crippen molar-refractivity contribution in [2.24, 2.45) is 5.41 Å². The van der Waals surface area contributed by atoms with Gasteiger partial charge in [-0.25, -0.2) is 22.5 Å². The van der Waals surface area contributed by atoms with Gasteiger partial charge in [0.25, 0.3) is 10.0 Å². The predicted molar refractivity (Wildman–Crippen MR) is 58.3 cm³/mol. The fourth-order valence-electron chi connectivity index (χ4n) is 1.46. The molecule has 0 unspecified atom stereocenters. The molecule has 5 nitrogen and oxygen atoms in total. The molecule has 1 aliphatic rings. The van der Waals surface area contributed by atoms with E-state index in [1.54, 1.807) is 0 Å². The minimum absolute atomic E-state index is 0.210. The SMILES string of the molecule is CC1(CNS(=O)(=O)c2ncccc2F)COC1. The summed E-state index contributed by atoms with van der Waals surface area (Å²) >= 11 is 0. The van der Waals surface area contributed by atoms with Crippen LogP contribution in [0.1, 0.15) is 6.92 Å². The Labute approximate surface area is 99.1 Å². The van der Waals surface area contributed by atoms with Crippen molar-refractivity contribution in [2.75, 3.05) is 19.8 Å². The van der Waals surface area contributed by atoms with Gasteiger partial charge in [0.05, 0.1) is 13.2 Å². The topological polar surface area (TPSA) is 68.3 Å². The lowest BCUT2D eigenvalue weighted by atomic mass is 9.89. The van der Waals surface area contributed by atoms with Crippen LogP contribution >= 0.6 is 0 Å². The molecule has 2 rings (SSSR count). The number of pyridine rings is 1. The molecular formula is C10H13FN2O3S. The van der Waals surface area contributed by atoms with Crippen LogP contribution in [0, 0.1) is 11.2 Å². The summed E-state index contributed by atoms with van der Waals surface area (Å²) in [6.07, 6.45) is 1.24. The van der Waals surface area contributed by atoms with Crippen LogP contribution in [-0.4, -0.2) is 33.2 Å². The van der Waals surface area contributed by atoms with Gasteiger partial charge in [-0.2, -0.15) is 0 Å². The van der Waals surface area contributed by atoms with Gasteiger partial charge in [-0.15, -0.1) is 0 Å².